The standard InChI is InChI=1S/C66H66N8O2/c1-63(2)35-15-36-64(3,4)73(63)49-29-25-47(26-30-49)69-45-71(61-23-11-9-21-59(61)69)51-17-13-19-53(41-51)75-55-33-39-67-57(43-55)58-44-56(34-40-68-58)76-54-20-14-18-52(42-54)72-46-70(60-22-10-12-24-62(60)72)48-27-31-50(32-28-48)74-65(5,6)37-16-38-66(74,7)8/h9-14,17-34,39-44H,15-16,35-38H2,1-8H3. The van der Waals surface area contributed by atoms with Crippen molar-refractivity contribution in [2.75, 3.05) is 9.80 Å². The third-order valence-electron chi connectivity index (χ3n) is 15.8. The summed E-state index contributed by atoms with van der Waals surface area (Å²) in [6.07, 6.45) is 18.0. The SMILES string of the molecule is CC1(C)CCCC(C)(C)N1c1ccc(-n2[c-][n+](-c3cccc(Oc4ccnc(-c5cc(Oc6cccc(-[n+]7[c-]n(-c8ccc(N9C(C)(C)CCCC9(C)C)cc8)c8ccccc87)c6)ccn5)c4)c3)c3ccccc32)cc1. The number of ether oxygens (including phenoxy) is 2. The molecule has 12 rings (SSSR count). The van der Waals surface area contributed by atoms with Crippen molar-refractivity contribution < 1.29 is 18.6 Å². The fourth-order valence-electron chi connectivity index (χ4n) is 12.7. The Morgan fingerprint density at radius 2 is 0.750 bits per heavy atom. The summed E-state index contributed by atoms with van der Waals surface area (Å²) in [6.45, 7) is 18.9. The Balaban J connectivity index is 0.766. The van der Waals surface area contributed by atoms with Gasteiger partial charge in [0.15, 0.2) is 0 Å². The molecule has 0 saturated carbocycles. The summed E-state index contributed by atoms with van der Waals surface area (Å²) in [5.74, 6) is 2.65. The van der Waals surface area contributed by atoms with Gasteiger partial charge < -0.3 is 19.3 Å². The number of aromatic nitrogens is 6. The average Bonchev–Trinajstić information content (AvgIpc) is 4.08. The number of benzene rings is 6. The third-order valence-corrected chi connectivity index (χ3v) is 15.8. The number of hydrogen-bond acceptors (Lipinski definition) is 6. The lowest BCUT2D eigenvalue weighted by Gasteiger charge is -2.54. The van der Waals surface area contributed by atoms with Crippen LogP contribution in [-0.2, 0) is 0 Å². The summed E-state index contributed by atoms with van der Waals surface area (Å²) in [5, 5.41) is 0. The molecule has 0 amide bonds. The highest BCUT2D eigenvalue weighted by atomic mass is 16.5. The molecule has 6 heterocycles. The molecule has 10 aromatic rings. The van der Waals surface area contributed by atoms with Crippen LogP contribution in [0, 0.1) is 12.7 Å². The second-order valence-corrected chi connectivity index (χ2v) is 23.1. The summed E-state index contributed by atoms with van der Waals surface area (Å²) < 4.78 is 21.6. The molecule has 2 saturated heterocycles. The number of imidazole rings is 2. The lowest BCUT2D eigenvalue weighted by molar-refractivity contribution is -0.572. The topological polar surface area (TPSA) is 68.3 Å². The van der Waals surface area contributed by atoms with E-state index in [4.69, 9.17) is 19.4 Å². The lowest BCUT2D eigenvalue weighted by atomic mass is 9.79. The molecule has 0 spiro atoms. The van der Waals surface area contributed by atoms with E-state index in [2.05, 4.69) is 205 Å². The smallest absolute Gasteiger partial charge is 0.269 e. The minimum Gasteiger partial charge on any atom is -0.458 e. The highest BCUT2D eigenvalue weighted by Gasteiger charge is 2.42. The van der Waals surface area contributed by atoms with Gasteiger partial charge in [-0.1, -0.05) is 60.7 Å². The van der Waals surface area contributed by atoms with E-state index in [0.717, 1.165) is 44.8 Å². The summed E-state index contributed by atoms with van der Waals surface area (Å²) in [4.78, 5) is 14.6. The summed E-state index contributed by atoms with van der Waals surface area (Å²) >= 11 is 0. The molecule has 0 radical (unpaired) electrons. The number of rotatable bonds is 11. The van der Waals surface area contributed by atoms with Crippen molar-refractivity contribution in [3.63, 3.8) is 0 Å². The molecule has 76 heavy (non-hydrogen) atoms. The fraction of sp³-hybridized carbons (Fsp3) is 0.273. The first kappa shape index (κ1) is 48.7. The molecule has 10 heteroatoms. The molecule has 6 aromatic carbocycles. The maximum atomic E-state index is 6.55. The van der Waals surface area contributed by atoms with E-state index in [-0.39, 0.29) is 22.2 Å². The van der Waals surface area contributed by atoms with Crippen LogP contribution >= 0.6 is 0 Å². The van der Waals surface area contributed by atoms with Crippen LogP contribution in [0.15, 0.2) is 182 Å². The third kappa shape index (κ3) is 9.13. The molecule has 0 aliphatic carbocycles. The maximum absolute atomic E-state index is 6.55. The van der Waals surface area contributed by atoms with Crippen molar-refractivity contribution >= 4 is 33.4 Å². The first-order chi connectivity index (χ1) is 36.6. The fourth-order valence-corrected chi connectivity index (χ4v) is 12.7. The van der Waals surface area contributed by atoms with Crippen molar-refractivity contribution in [3.8, 4) is 57.1 Å². The van der Waals surface area contributed by atoms with E-state index >= 15 is 0 Å². The molecule has 2 aliphatic heterocycles. The van der Waals surface area contributed by atoms with Gasteiger partial charge in [-0.2, -0.15) is 0 Å². The van der Waals surface area contributed by atoms with Crippen molar-refractivity contribution in [2.24, 2.45) is 0 Å². The van der Waals surface area contributed by atoms with Gasteiger partial charge >= 0.3 is 0 Å². The largest absolute Gasteiger partial charge is 0.458 e. The number of hydrogen-bond donors (Lipinski definition) is 0. The number of para-hydroxylation sites is 4. The first-order valence-electron chi connectivity index (χ1n) is 26.8. The van der Waals surface area contributed by atoms with E-state index in [1.807, 2.05) is 60.7 Å². The number of anilines is 2. The monoisotopic (exact) mass is 1000 g/mol. The lowest BCUT2D eigenvalue weighted by Crippen LogP contribution is -2.59. The Bertz CT molecular complexity index is 3480. The molecular weight excluding hydrogens is 937 g/mol. The number of piperidine rings is 2. The van der Waals surface area contributed by atoms with Gasteiger partial charge in [-0.3, -0.25) is 28.2 Å². The number of pyridine rings is 2. The second-order valence-electron chi connectivity index (χ2n) is 23.1. The van der Waals surface area contributed by atoms with Crippen LogP contribution in [-0.4, -0.2) is 41.3 Å². The Labute approximate surface area is 447 Å². The van der Waals surface area contributed by atoms with Crippen LogP contribution < -0.4 is 28.4 Å². The molecule has 2 fully saturated rings. The molecule has 0 unspecified atom stereocenters. The zero-order chi connectivity index (χ0) is 52.4. The molecule has 4 aromatic heterocycles. The van der Waals surface area contributed by atoms with Gasteiger partial charge in [0.1, 0.15) is 23.0 Å². The second kappa shape index (κ2) is 18.8. The van der Waals surface area contributed by atoms with Crippen LogP contribution in [0.3, 0.4) is 0 Å². The predicted molar refractivity (Wildman–Crippen MR) is 304 cm³/mol. The minimum atomic E-state index is 0.0820. The molecule has 0 bridgehead atoms. The van der Waals surface area contributed by atoms with Crippen LogP contribution in [0.2, 0.25) is 0 Å². The Hall–Kier alpha value is -8.24. The number of fused-ring (bicyclic) bond motifs is 2. The van der Waals surface area contributed by atoms with Crippen LogP contribution in [0.5, 0.6) is 23.0 Å². The first-order valence-corrected chi connectivity index (χ1v) is 26.8. The van der Waals surface area contributed by atoms with E-state index < -0.39 is 0 Å². The van der Waals surface area contributed by atoms with Crippen molar-refractivity contribution in [3.05, 3.63) is 195 Å². The van der Waals surface area contributed by atoms with E-state index in [0.29, 0.717) is 34.4 Å². The molecular formula is C66H66N8O2. The zero-order valence-corrected chi connectivity index (χ0v) is 45.0. The maximum Gasteiger partial charge on any atom is 0.269 e. The van der Waals surface area contributed by atoms with Crippen molar-refractivity contribution in [1.82, 2.24) is 19.1 Å². The van der Waals surface area contributed by atoms with Crippen LogP contribution in [0.25, 0.3) is 56.2 Å². The summed E-state index contributed by atoms with van der Waals surface area (Å²) in [5.41, 5.74) is 12.3. The van der Waals surface area contributed by atoms with Gasteiger partial charge in [0, 0.05) is 58.1 Å². The summed E-state index contributed by atoms with van der Waals surface area (Å²) in [6, 6.07) is 58.5. The van der Waals surface area contributed by atoms with Crippen LogP contribution in [0.4, 0.5) is 11.4 Å². The molecule has 0 atom stereocenters. The Morgan fingerprint density at radius 3 is 1.14 bits per heavy atom. The van der Waals surface area contributed by atoms with Gasteiger partial charge in [-0.15, -0.1) is 0 Å². The normalized spacial score (nSPS) is 16.7. The predicted octanol–water partition coefficient (Wildman–Crippen LogP) is 14.9. The Morgan fingerprint density at radius 1 is 0.395 bits per heavy atom. The minimum absolute atomic E-state index is 0.0820. The Kier molecular flexibility index (Phi) is 12.1. The quantitative estimate of drug-likeness (QED) is 0.0950. The van der Waals surface area contributed by atoms with Gasteiger partial charge in [-0.25, -0.2) is 0 Å². The summed E-state index contributed by atoms with van der Waals surface area (Å²) in [7, 11) is 0. The molecule has 2 aliphatic rings. The van der Waals surface area contributed by atoms with E-state index in [9.17, 15) is 0 Å². The van der Waals surface area contributed by atoms with E-state index in [1.165, 1.54) is 49.9 Å². The van der Waals surface area contributed by atoms with Crippen LogP contribution in [0.1, 0.15) is 93.9 Å². The molecule has 10 nitrogen and oxygen atoms in total. The van der Waals surface area contributed by atoms with E-state index in [1.54, 1.807) is 12.4 Å². The average molecular weight is 1000 g/mol. The number of nitrogens with zero attached hydrogens (tertiary/aromatic N) is 8. The highest BCUT2D eigenvalue weighted by molar-refractivity contribution is 5.76. The van der Waals surface area contributed by atoms with Gasteiger partial charge in [0.25, 0.3) is 12.7 Å². The molecule has 0 N–H and O–H groups in total. The van der Waals surface area contributed by atoms with Gasteiger partial charge in [0.2, 0.25) is 0 Å². The van der Waals surface area contributed by atoms with Gasteiger partial charge in [-0.05, 0) is 191 Å². The highest BCUT2D eigenvalue weighted by Crippen LogP contribution is 2.44. The van der Waals surface area contributed by atoms with Crippen molar-refractivity contribution in [2.45, 2.75) is 116 Å². The van der Waals surface area contributed by atoms with Crippen molar-refractivity contribution in [1.29, 1.82) is 0 Å². The zero-order valence-electron chi connectivity index (χ0n) is 45.0. The molecule has 382 valence electrons. The van der Waals surface area contributed by atoms with Gasteiger partial charge in [0.05, 0.1) is 56.2 Å².